The van der Waals surface area contributed by atoms with Crippen molar-refractivity contribution in [3.63, 3.8) is 0 Å². The predicted molar refractivity (Wildman–Crippen MR) is 96.5 cm³/mol. The third-order valence-electron chi connectivity index (χ3n) is 4.38. The van der Waals surface area contributed by atoms with Gasteiger partial charge in [-0.15, -0.1) is 0 Å². The van der Waals surface area contributed by atoms with Crippen LogP contribution in [0.4, 0.5) is 5.82 Å². The molecule has 6 heteroatoms. The van der Waals surface area contributed by atoms with Crippen molar-refractivity contribution in [2.24, 2.45) is 0 Å². The minimum Gasteiger partial charge on any atom is -0.354 e. The molecular formula is C19H21N5O. The molecule has 2 aromatic heterocycles. The van der Waals surface area contributed by atoms with E-state index in [4.69, 9.17) is 4.52 Å². The Labute approximate surface area is 146 Å². The SMILES string of the molecule is c1ccc(CCc2noc(-c3ccc(N4CCNCC4)nc3)n2)cc1. The highest BCUT2D eigenvalue weighted by molar-refractivity contribution is 5.54. The zero-order valence-electron chi connectivity index (χ0n) is 14.1. The quantitative estimate of drug-likeness (QED) is 0.772. The Bertz CT molecular complexity index is 794. The summed E-state index contributed by atoms with van der Waals surface area (Å²) < 4.78 is 5.40. The molecule has 1 saturated heterocycles. The zero-order chi connectivity index (χ0) is 16.9. The van der Waals surface area contributed by atoms with Gasteiger partial charge in [0.1, 0.15) is 5.82 Å². The normalized spacial score (nSPS) is 14.6. The van der Waals surface area contributed by atoms with Crippen molar-refractivity contribution in [3.05, 3.63) is 60.0 Å². The molecule has 6 nitrogen and oxygen atoms in total. The van der Waals surface area contributed by atoms with Crippen molar-refractivity contribution in [1.82, 2.24) is 20.4 Å². The van der Waals surface area contributed by atoms with E-state index in [1.807, 2.05) is 36.5 Å². The van der Waals surface area contributed by atoms with Crippen molar-refractivity contribution < 1.29 is 4.52 Å². The van der Waals surface area contributed by atoms with Crippen molar-refractivity contribution >= 4 is 5.82 Å². The number of nitrogens with zero attached hydrogens (tertiary/aromatic N) is 4. The van der Waals surface area contributed by atoms with Gasteiger partial charge in [-0.3, -0.25) is 0 Å². The van der Waals surface area contributed by atoms with Crippen molar-refractivity contribution in [3.8, 4) is 11.5 Å². The van der Waals surface area contributed by atoms with Crippen molar-refractivity contribution in [2.45, 2.75) is 12.8 Å². The summed E-state index contributed by atoms with van der Waals surface area (Å²) in [5, 5.41) is 7.43. The van der Waals surface area contributed by atoms with E-state index < -0.39 is 0 Å². The first-order valence-corrected chi connectivity index (χ1v) is 8.67. The van der Waals surface area contributed by atoms with E-state index in [1.165, 1.54) is 5.56 Å². The van der Waals surface area contributed by atoms with Gasteiger partial charge in [-0.1, -0.05) is 35.5 Å². The van der Waals surface area contributed by atoms with E-state index in [1.54, 1.807) is 0 Å². The molecule has 4 rings (SSSR count). The van der Waals surface area contributed by atoms with Gasteiger partial charge in [-0.25, -0.2) is 4.98 Å². The van der Waals surface area contributed by atoms with E-state index >= 15 is 0 Å². The fraction of sp³-hybridized carbons (Fsp3) is 0.316. The van der Waals surface area contributed by atoms with E-state index in [2.05, 4.69) is 37.5 Å². The highest BCUT2D eigenvalue weighted by atomic mass is 16.5. The maximum Gasteiger partial charge on any atom is 0.259 e. The molecule has 1 N–H and O–H groups in total. The Balaban J connectivity index is 1.41. The van der Waals surface area contributed by atoms with E-state index in [-0.39, 0.29) is 0 Å². The van der Waals surface area contributed by atoms with E-state index in [0.717, 1.165) is 56.2 Å². The lowest BCUT2D eigenvalue weighted by Crippen LogP contribution is -2.43. The van der Waals surface area contributed by atoms with Gasteiger partial charge >= 0.3 is 0 Å². The molecule has 0 saturated carbocycles. The summed E-state index contributed by atoms with van der Waals surface area (Å²) >= 11 is 0. The largest absolute Gasteiger partial charge is 0.354 e. The summed E-state index contributed by atoms with van der Waals surface area (Å²) in [6.45, 7) is 3.96. The number of aromatic nitrogens is 3. The minimum absolute atomic E-state index is 0.530. The van der Waals surface area contributed by atoms with Crippen LogP contribution in [0.1, 0.15) is 11.4 Å². The molecule has 0 bridgehead atoms. The van der Waals surface area contributed by atoms with Gasteiger partial charge < -0.3 is 14.7 Å². The van der Waals surface area contributed by atoms with Crippen LogP contribution in [0.3, 0.4) is 0 Å². The van der Waals surface area contributed by atoms with Gasteiger partial charge in [0.25, 0.3) is 5.89 Å². The summed E-state index contributed by atoms with van der Waals surface area (Å²) in [5.41, 5.74) is 2.13. The third-order valence-corrected chi connectivity index (χ3v) is 4.38. The van der Waals surface area contributed by atoms with Gasteiger partial charge in [0.15, 0.2) is 5.82 Å². The molecule has 1 fully saturated rings. The summed E-state index contributed by atoms with van der Waals surface area (Å²) in [5.74, 6) is 2.25. The summed E-state index contributed by atoms with van der Waals surface area (Å²) in [6.07, 6.45) is 3.48. The monoisotopic (exact) mass is 335 g/mol. The summed E-state index contributed by atoms with van der Waals surface area (Å²) in [6, 6.07) is 14.4. The fourth-order valence-electron chi connectivity index (χ4n) is 2.97. The van der Waals surface area contributed by atoms with Crippen LogP contribution in [0.2, 0.25) is 0 Å². The minimum atomic E-state index is 0.530. The number of nitrogens with one attached hydrogen (secondary N) is 1. The topological polar surface area (TPSA) is 67.1 Å². The molecule has 0 atom stereocenters. The maximum atomic E-state index is 5.40. The first-order valence-electron chi connectivity index (χ1n) is 8.67. The fourth-order valence-corrected chi connectivity index (χ4v) is 2.97. The van der Waals surface area contributed by atoms with Crippen LogP contribution in [0, 0.1) is 0 Å². The van der Waals surface area contributed by atoms with Gasteiger partial charge in [0.05, 0.1) is 5.56 Å². The van der Waals surface area contributed by atoms with Crippen molar-refractivity contribution in [1.29, 1.82) is 0 Å². The lowest BCUT2D eigenvalue weighted by Gasteiger charge is -2.28. The van der Waals surface area contributed by atoms with Crippen LogP contribution < -0.4 is 10.2 Å². The number of aryl methyl sites for hydroxylation is 2. The van der Waals surface area contributed by atoms with Gasteiger partial charge in [0, 0.05) is 38.8 Å². The molecule has 3 heterocycles. The second-order valence-corrected chi connectivity index (χ2v) is 6.14. The Morgan fingerprint density at radius 1 is 1.00 bits per heavy atom. The molecule has 1 aliphatic rings. The number of hydrogen-bond donors (Lipinski definition) is 1. The number of hydrogen-bond acceptors (Lipinski definition) is 6. The Morgan fingerprint density at radius 3 is 2.60 bits per heavy atom. The number of rotatable bonds is 5. The second kappa shape index (κ2) is 7.44. The average Bonchev–Trinajstić information content (AvgIpc) is 3.17. The molecule has 0 unspecified atom stereocenters. The highest BCUT2D eigenvalue weighted by Gasteiger charge is 2.13. The van der Waals surface area contributed by atoms with Gasteiger partial charge in [-0.05, 0) is 24.1 Å². The molecule has 0 radical (unpaired) electrons. The van der Waals surface area contributed by atoms with E-state index in [0.29, 0.717) is 5.89 Å². The van der Waals surface area contributed by atoms with E-state index in [9.17, 15) is 0 Å². The maximum absolute atomic E-state index is 5.40. The first kappa shape index (κ1) is 15.8. The lowest BCUT2D eigenvalue weighted by molar-refractivity contribution is 0.422. The predicted octanol–water partition coefficient (Wildman–Crippen LogP) is 2.33. The third kappa shape index (κ3) is 3.85. The summed E-state index contributed by atoms with van der Waals surface area (Å²) in [7, 11) is 0. The van der Waals surface area contributed by atoms with Crippen LogP contribution in [-0.2, 0) is 12.8 Å². The van der Waals surface area contributed by atoms with Gasteiger partial charge in [-0.2, -0.15) is 4.98 Å². The Hall–Kier alpha value is -2.73. The smallest absolute Gasteiger partial charge is 0.259 e. The molecule has 128 valence electrons. The molecule has 1 aromatic carbocycles. The standard InChI is InChI=1S/C19H21N5O/c1-2-4-15(5-3-1)6-8-17-22-19(25-23-17)16-7-9-18(21-14-16)24-12-10-20-11-13-24/h1-5,7,9,14,20H,6,8,10-13H2. The second-order valence-electron chi connectivity index (χ2n) is 6.14. The number of benzene rings is 1. The molecule has 1 aliphatic heterocycles. The highest BCUT2D eigenvalue weighted by Crippen LogP contribution is 2.20. The molecular weight excluding hydrogens is 314 g/mol. The van der Waals surface area contributed by atoms with Crippen LogP contribution >= 0.6 is 0 Å². The van der Waals surface area contributed by atoms with Crippen LogP contribution in [-0.4, -0.2) is 41.3 Å². The molecule has 3 aromatic rings. The number of anilines is 1. The zero-order valence-corrected chi connectivity index (χ0v) is 14.1. The number of piperazine rings is 1. The lowest BCUT2D eigenvalue weighted by atomic mass is 10.1. The number of pyridine rings is 1. The van der Waals surface area contributed by atoms with Crippen LogP contribution in [0.15, 0.2) is 53.2 Å². The van der Waals surface area contributed by atoms with Crippen molar-refractivity contribution in [2.75, 3.05) is 31.1 Å². The van der Waals surface area contributed by atoms with Crippen LogP contribution in [0.5, 0.6) is 0 Å². The molecule has 0 spiro atoms. The molecule has 25 heavy (non-hydrogen) atoms. The Kier molecular flexibility index (Phi) is 4.70. The average molecular weight is 335 g/mol. The van der Waals surface area contributed by atoms with Crippen LogP contribution in [0.25, 0.3) is 11.5 Å². The van der Waals surface area contributed by atoms with Gasteiger partial charge in [0.2, 0.25) is 0 Å². The Morgan fingerprint density at radius 2 is 1.84 bits per heavy atom. The summed E-state index contributed by atoms with van der Waals surface area (Å²) in [4.78, 5) is 11.3. The molecule has 0 aliphatic carbocycles. The first-order chi connectivity index (χ1) is 12.4. The molecule has 0 amide bonds.